The Kier molecular flexibility index (Phi) is 6.57. The molecule has 1 rings (SSSR count). The number of carbonyl (C=O) groups excluding carboxylic acids is 1. The van der Waals surface area contributed by atoms with E-state index in [1.54, 1.807) is 12.1 Å². The maximum absolute atomic E-state index is 12.4. The average molecular weight is 333 g/mol. The molecule has 100 valence electrons. The van der Waals surface area contributed by atoms with Crippen molar-refractivity contribution in [2.75, 3.05) is 7.11 Å². The van der Waals surface area contributed by atoms with Crippen molar-refractivity contribution in [1.82, 2.24) is 0 Å². The van der Waals surface area contributed by atoms with Gasteiger partial charge in [0.1, 0.15) is 5.25 Å². The van der Waals surface area contributed by atoms with Gasteiger partial charge in [0.2, 0.25) is 0 Å². The zero-order valence-corrected chi connectivity index (χ0v) is 12.9. The van der Waals surface area contributed by atoms with E-state index in [4.69, 9.17) is 4.74 Å². The van der Waals surface area contributed by atoms with E-state index in [1.165, 1.54) is 7.11 Å². The summed E-state index contributed by atoms with van der Waals surface area (Å²) in [5.41, 5.74) is 0. The van der Waals surface area contributed by atoms with Gasteiger partial charge in [0.25, 0.3) is 0 Å². The first kappa shape index (κ1) is 15.4. The number of hydrogen-bond acceptors (Lipinski definition) is 3. The number of carbonyl (C=O) groups is 1. The molecule has 18 heavy (non-hydrogen) atoms. The van der Waals surface area contributed by atoms with Crippen LogP contribution < -0.4 is 0 Å². The SMILES string of the molecule is CCCCC(C(=O)OC)S(=O)c1cccc(Br)c1. The number of ether oxygens (including phenoxy) is 1. The highest BCUT2D eigenvalue weighted by Crippen LogP contribution is 2.20. The molecule has 2 unspecified atom stereocenters. The van der Waals surface area contributed by atoms with Gasteiger partial charge in [-0.1, -0.05) is 41.8 Å². The van der Waals surface area contributed by atoms with Crippen molar-refractivity contribution in [3.63, 3.8) is 0 Å². The topological polar surface area (TPSA) is 43.4 Å². The molecule has 1 aromatic carbocycles. The summed E-state index contributed by atoms with van der Waals surface area (Å²) >= 11 is 3.34. The summed E-state index contributed by atoms with van der Waals surface area (Å²) in [7, 11) is -0.0347. The third kappa shape index (κ3) is 4.21. The standard InChI is InChI=1S/C13H17BrO3S/c1-3-4-8-12(13(15)17-2)18(16)11-7-5-6-10(14)9-11/h5-7,9,12H,3-4,8H2,1-2H3. The van der Waals surface area contributed by atoms with Crippen LogP contribution in [-0.4, -0.2) is 22.5 Å². The maximum Gasteiger partial charge on any atom is 0.321 e. The van der Waals surface area contributed by atoms with Crippen LogP contribution in [0.15, 0.2) is 33.6 Å². The fourth-order valence-corrected chi connectivity index (χ4v) is 3.58. The molecule has 0 radical (unpaired) electrons. The van der Waals surface area contributed by atoms with E-state index in [0.717, 1.165) is 17.3 Å². The largest absolute Gasteiger partial charge is 0.468 e. The molecule has 3 nitrogen and oxygen atoms in total. The lowest BCUT2D eigenvalue weighted by Gasteiger charge is -2.14. The predicted octanol–water partition coefficient (Wildman–Crippen LogP) is 3.29. The quantitative estimate of drug-likeness (QED) is 0.751. The Labute approximate surface area is 119 Å². The predicted molar refractivity (Wildman–Crippen MR) is 75.9 cm³/mol. The Balaban J connectivity index is 2.91. The highest BCUT2D eigenvalue weighted by Gasteiger charge is 2.26. The van der Waals surface area contributed by atoms with E-state index < -0.39 is 22.0 Å². The van der Waals surface area contributed by atoms with Gasteiger partial charge in [-0.25, -0.2) is 0 Å². The van der Waals surface area contributed by atoms with Crippen LogP contribution in [0.4, 0.5) is 0 Å². The van der Waals surface area contributed by atoms with Crippen LogP contribution in [0.1, 0.15) is 26.2 Å². The normalized spacial score (nSPS) is 13.9. The van der Waals surface area contributed by atoms with E-state index in [1.807, 2.05) is 19.1 Å². The first-order valence-electron chi connectivity index (χ1n) is 5.84. The Morgan fingerprint density at radius 1 is 1.50 bits per heavy atom. The van der Waals surface area contributed by atoms with Crippen LogP contribution in [0.5, 0.6) is 0 Å². The number of benzene rings is 1. The van der Waals surface area contributed by atoms with Crippen LogP contribution in [-0.2, 0) is 20.3 Å². The summed E-state index contributed by atoms with van der Waals surface area (Å²) in [6.07, 6.45) is 2.41. The molecule has 1 aromatic rings. The van der Waals surface area contributed by atoms with Crippen molar-refractivity contribution < 1.29 is 13.7 Å². The van der Waals surface area contributed by atoms with Gasteiger partial charge in [0.15, 0.2) is 0 Å². The maximum atomic E-state index is 12.4. The van der Waals surface area contributed by atoms with E-state index in [9.17, 15) is 9.00 Å². The molecule has 0 heterocycles. The van der Waals surface area contributed by atoms with Crippen molar-refractivity contribution >= 4 is 32.7 Å². The summed E-state index contributed by atoms with van der Waals surface area (Å²) in [6.45, 7) is 2.04. The summed E-state index contributed by atoms with van der Waals surface area (Å²) in [6, 6.07) is 7.21. The molecule has 5 heteroatoms. The van der Waals surface area contributed by atoms with Gasteiger partial charge in [-0.15, -0.1) is 0 Å². The fourth-order valence-electron chi connectivity index (χ4n) is 1.59. The molecule has 0 saturated heterocycles. The number of unbranched alkanes of at least 4 members (excludes halogenated alkanes) is 1. The first-order chi connectivity index (χ1) is 8.60. The lowest BCUT2D eigenvalue weighted by Crippen LogP contribution is -2.27. The molecule has 0 saturated carbocycles. The Morgan fingerprint density at radius 2 is 2.22 bits per heavy atom. The smallest absolute Gasteiger partial charge is 0.321 e. The molecule has 0 aliphatic carbocycles. The van der Waals surface area contributed by atoms with Crippen LogP contribution in [0.3, 0.4) is 0 Å². The van der Waals surface area contributed by atoms with Gasteiger partial charge in [-0.2, -0.15) is 0 Å². The Bertz CT molecular complexity index is 434. The van der Waals surface area contributed by atoms with Gasteiger partial charge in [-0.05, 0) is 24.6 Å². The summed E-state index contributed by atoms with van der Waals surface area (Å²) in [5, 5.41) is -0.579. The second-order valence-electron chi connectivity index (χ2n) is 3.91. The van der Waals surface area contributed by atoms with Gasteiger partial charge < -0.3 is 4.74 Å². The lowest BCUT2D eigenvalue weighted by molar-refractivity contribution is -0.140. The highest BCUT2D eigenvalue weighted by molar-refractivity contribution is 9.10. The van der Waals surface area contributed by atoms with Crippen molar-refractivity contribution in [2.24, 2.45) is 0 Å². The van der Waals surface area contributed by atoms with Gasteiger partial charge in [0, 0.05) is 9.37 Å². The number of esters is 1. The average Bonchev–Trinajstić information content (AvgIpc) is 2.38. The second kappa shape index (κ2) is 7.69. The zero-order valence-electron chi connectivity index (χ0n) is 10.5. The molecule has 0 aliphatic heterocycles. The minimum absolute atomic E-state index is 0.401. The van der Waals surface area contributed by atoms with E-state index >= 15 is 0 Å². The monoisotopic (exact) mass is 332 g/mol. The van der Waals surface area contributed by atoms with E-state index in [0.29, 0.717) is 11.3 Å². The molecule has 0 bridgehead atoms. The Hall–Kier alpha value is -0.680. The van der Waals surface area contributed by atoms with E-state index in [-0.39, 0.29) is 0 Å². The van der Waals surface area contributed by atoms with Crippen molar-refractivity contribution in [3.8, 4) is 0 Å². The van der Waals surface area contributed by atoms with Gasteiger partial charge in [0.05, 0.1) is 17.9 Å². The summed E-state index contributed by atoms with van der Waals surface area (Å²) in [4.78, 5) is 12.3. The van der Waals surface area contributed by atoms with Crippen LogP contribution >= 0.6 is 15.9 Å². The van der Waals surface area contributed by atoms with Crippen LogP contribution in [0.2, 0.25) is 0 Å². The van der Waals surface area contributed by atoms with Crippen molar-refractivity contribution in [2.45, 2.75) is 36.3 Å². The number of rotatable bonds is 6. The molecule has 2 atom stereocenters. The van der Waals surface area contributed by atoms with Gasteiger partial charge >= 0.3 is 5.97 Å². The minimum Gasteiger partial charge on any atom is -0.468 e. The molecular formula is C13H17BrO3S. The molecule has 0 aliphatic rings. The third-order valence-electron chi connectivity index (χ3n) is 2.57. The highest BCUT2D eigenvalue weighted by atomic mass is 79.9. The fraction of sp³-hybridized carbons (Fsp3) is 0.462. The molecule has 0 aromatic heterocycles. The first-order valence-corrected chi connectivity index (χ1v) is 7.84. The van der Waals surface area contributed by atoms with Crippen molar-refractivity contribution in [3.05, 3.63) is 28.7 Å². The Morgan fingerprint density at radius 3 is 2.78 bits per heavy atom. The lowest BCUT2D eigenvalue weighted by atomic mass is 10.2. The van der Waals surface area contributed by atoms with Crippen molar-refractivity contribution in [1.29, 1.82) is 0 Å². The summed E-state index contributed by atoms with van der Waals surface area (Å²) < 4.78 is 18.0. The zero-order chi connectivity index (χ0) is 13.5. The number of hydrogen-bond donors (Lipinski definition) is 0. The van der Waals surface area contributed by atoms with E-state index in [2.05, 4.69) is 15.9 Å². The minimum atomic E-state index is -1.37. The van der Waals surface area contributed by atoms with Gasteiger partial charge in [-0.3, -0.25) is 9.00 Å². The number of halogens is 1. The molecule has 0 spiro atoms. The number of methoxy groups -OCH3 is 1. The molecular weight excluding hydrogens is 316 g/mol. The molecule has 0 amide bonds. The van der Waals surface area contributed by atoms with Crippen LogP contribution in [0, 0.1) is 0 Å². The molecule has 0 N–H and O–H groups in total. The third-order valence-corrected chi connectivity index (χ3v) is 4.73. The molecule has 0 fully saturated rings. The van der Waals surface area contributed by atoms with Crippen LogP contribution in [0.25, 0.3) is 0 Å². The summed E-state index contributed by atoms with van der Waals surface area (Å²) in [5.74, 6) is -0.401. The second-order valence-corrected chi connectivity index (χ2v) is 6.46.